The van der Waals surface area contributed by atoms with Crippen molar-refractivity contribution in [2.24, 2.45) is 0 Å². The van der Waals surface area contributed by atoms with Crippen LogP contribution in [-0.2, 0) is 6.42 Å². The standard InChI is InChI=1S/C18H17BrN2O2/c1-23-13-6-7-14-12(11-21-17(14)10-13)8-9-20-18(22)15-4-2-3-5-16(15)19/h2-7,10-11,21H,8-9H2,1H3,(H,20,22). The predicted octanol–water partition coefficient (Wildman–Crippen LogP) is 3.91. The first-order valence-electron chi connectivity index (χ1n) is 7.36. The Labute approximate surface area is 143 Å². The number of carbonyl (C=O) groups excluding carboxylic acids is 1. The normalized spacial score (nSPS) is 10.7. The Kier molecular flexibility index (Phi) is 4.67. The molecule has 0 bridgehead atoms. The zero-order valence-electron chi connectivity index (χ0n) is 12.7. The molecule has 1 aromatic heterocycles. The molecule has 0 saturated heterocycles. The van der Waals surface area contributed by atoms with Gasteiger partial charge in [0.05, 0.1) is 12.7 Å². The minimum Gasteiger partial charge on any atom is -0.497 e. The molecule has 2 N–H and O–H groups in total. The van der Waals surface area contributed by atoms with E-state index in [0.717, 1.165) is 27.5 Å². The number of nitrogens with one attached hydrogen (secondary N) is 2. The summed E-state index contributed by atoms with van der Waals surface area (Å²) >= 11 is 3.40. The number of benzene rings is 2. The molecule has 5 heteroatoms. The van der Waals surface area contributed by atoms with E-state index in [4.69, 9.17) is 4.74 Å². The van der Waals surface area contributed by atoms with Gasteiger partial charge in [-0.3, -0.25) is 4.79 Å². The molecule has 1 amide bonds. The minimum absolute atomic E-state index is 0.0704. The Morgan fingerprint density at radius 1 is 1.26 bits per heavy atom. The molecule has 118 valence electrons. The number of fused-ring (bicyclic) bond motifs is 1. The number of aromatic amines is 1. The molecule has 0 saturated carbocycles. The third kappa shape index (κ3) is 3.40. The average Bonchev–Trinajstić information content (AvgIpc) is 2.97. The first-order valence-corrected chi connectivity index (χ1v) is 8.15. The van der Waals surface area contributed by atoms with E-state index in [1.54, 1.807) is 13.2 Å². The van der Waals surface area contributed by atoms with E-state index in [1.165, 1.54) is 5.56 Å². The van der Waals surface area contributed by atoms with Crippen LogP contribution in [0, 0.1) is 0 Å². The third-order valence-corrected chi connectivity index (χ3v) is 4.46. The Morgan fingerprint density at radius 2 is 2.09 bits per heavy atom. The first-order chi connectivity index (χ1) is 11.2. The quantitative estimate of drug-likeness (QED) is 0.713. The van der Waals surface area contributed by atoms with Gasteiger partial charge in [-0.2, -0.15) is 0 Å². The SMILES string of the molecule is COc1ccc2c(CCNC(=O)c3ccccc3Br)c[nH]c2c1. The maximum absolute atomic E-state index is 12.2. The molecule has 0 aliphatic carbocycles. The van der Waals surface area contributed by atoms with Crippen LogP contribution in [0.4, 0.5) is 0 Å². The van der Waals surface area contributed by atoms with Gasteiger partial charge in [0.15, 0.2) is 0 Å². The van der Waals surface area contributed by atoms with Crippen LogP contribution in [0.3, 0.4) is 0 Å². The van der Waals surface area contributed by atoms with Crippen LogP contribution in [0.25, 0.3) is 10.9 Å². The predicted molar refractivity (Wildman–Crippen MR) is 95.0 cm³/mol. The molecule has 0 aliphatic heterocycles. The van der Waals surface area contributed by atoms with E-state index in [2.05, 4.69) is 26.2 Å². The summed E-state index contributed by atoms with van der Waals surface area (Å²) in [6.45, 7) is 0.582. The fraction of sp³-hybridized carbons (Fsp3) is 0.167. The van der Waals surface area contributed by atoms with Crippen molar-refractivity contribution < 1.29 is 9.53 Å². The van der Waals surface area contributed by atoms with Gasteiger partial charge in [-0.15, -0.1) is 0 Å². The highest BCUT2D eigenvalue weighted by atomic mass is 79.9. The van der Waals surface area contributed by atoms with E-state index in [0.29, 0.717) is 12.1 Å². The average molecular weight is 373 g/mol. The molecule has 0 unspecified atom stereocenters. The summed E-state index contributed by atoms with van der Waals surface area (Å²) in [4.78, 5) is 15.4. The summed E-state index contributed by atoms with van der Waals surface area (Å²) < 4.78 is 6.03. The van der Waals surface area contributed by atoms with Gasteiger partial charge >= 0.3 is 0 Å². The van der Waals surface area contributed by atoms with Gasteiger partial charge in [0.1, 0.15) is 5.75 Å². The zero-order valence-corrected chi connectivity index (χ0v) is 14.3. The number of amides is 1. The van der Waals surface area contributed by atoms with Crippen molar-refractivity contribution in [2.45, 2.75) is 6.42 Å². The Hall–Kier alpha value is -2.27. The van der Waals surface area contributed by atoms with Gasteiger partial charge in [-0.25, -0.2) is 0 Å². The molecular weight excluding hydrogens is 356 g/mol. The molecule has 0 radical (unpaired) electrons. The van der Waals surface area contributed by atoms with Crippen molar-refractivity contribution in [3.8, 4) is 5.75 Å². The fourth-order valence-electron chi connectivity index (χ4n) is 2.55. The third-order valence-electron chi connectivity index (χ3n) is 3.77. The van der Waals surface area contributed by atoms with Crippen molar-refractivity contribution in [1.82, 2.24) is 10.3 Å². The Morgan fingerprint density at radius 3 is 2.87 bits per heavy atom. The van der Waals surface area contributed by atoms with Gasteiger partial charge in [-0.05, 0) is 52.2 Å². The van der Waals surface area contributed by atoms with Crippen molar-refractivity contribution in [2.75, 3.05) is 13.7 Å². The monoisotopic (exact) mass is 372 g/mol. The second kappa shape index (κ2) is 6.87. The van der Waals surface area contributed by atoms with Gasteiger partial charge in [-0.1, -0.05) is 12.1 Å². The molecule has 0 aliphatic rings. The van der Waals surface area contributed by atoms with E-state index < -0.39 is 0 Å². The zero-order chi connectivity index (χ0) is 16.2. The maximum atomic E-state index is 12.2. The van der Waals surface area contributed by atoms with Gasteiger partial charge in [0.2, 0.25) is 0 Å². The Balaban J connectivity index is 1.65. The molecule has 2 aromatic carbocycles. The van der Waals surface area contributed by atoms with E-state index in [-0.39, 0.29) is 5.91 Å². The molecule has 4 nitrogen and oxygen atoms in total. The molecule has 3 rings (SSSR count). The highest BCUT2D eigenvalue weighted by molar-refractivity contribution is 9.10. The van der Waals surface area contributed by atoms with Crippen LogP contribution in [0.1, 0.15) is 15.9 Å². The Bertz CT molecular complexity index is 842. The van der Waals surface area contributed by atoms with Crippen molar-refractivity contribution in [1.29, 1.82) is 0 Å². The number of methoxy groups -OCH3 is 1. The lowest BCUT2D eigenvalue weighted by molar-refractivity contribution is 0.0953. The number of ether oxygens (including phenoxy) is 1. The largest absolute Gasteiger partial charge is 0.497 e. The van der Waals surface area contributed by atoms with E-state index in [1.807, 2.05) is 42.6 Å². The van der Waals surface area contributed by atoms with Gasteiger partial charge in [0, 0.05) is 34.2 Å². The minimum atomic E-state index is -0.0704. The fourth-order valence-corrected chi connectivity index (χ4v) is 3.02. The first kappa shape index (κ1) is 15.6. The number of aromatic nitrogens is 1. The summed E-state index contributed by atoms with van der Waals surface area (Å²) in [5.41, 5.74) is 2.86. The van der Waals surface area contributed by atoms with Crippen LogP contribution in [0.2, 0.25) is 0 Å². The molecule has 3 aromatic rings. The summed E-state index contributed by atoms with van der Waals surface area (Å²) in [6, 6.07) is 13.4. The van der Waals surface area contributed by atoms with Crippen LogP contribution in [0.15, 0.2) is 53.1 Å². The maximum Gasteiger partial charge on any atom is 0.252 e. The summed E-state index contributed by atoms with van der Waals surface area (Å²) in [6.07, 6.45) is 2.75. The highest BCUT2D eigenvalue weighted by Gasteiger charge is 2.09. The van der Waals surface area contributed by atoms with Gasteiger partial charge in [0.25, 0.3) is 5.91 Å². The summed E-state index contributed by atoms with van der Waals surface area (Å²) in [7, 11) is 1.66. The number of halogens is 1. The highest BCUT2D eigenvalue weighted by Crippen LogP contribution is 2.23. The lowest BCUT2D eigenvalue weighted by Gasteiger charge is -2.06. The van der Waals surface area contributed by atoms with Crippen LogP contribution >= 0.6 is 15.9 Å². The molecule has 1 heterocycles. The van der Waals surface area contributed by atoms with Crippen LogP contribution in [0.5, 0.6) is 5.75 Å². The van der Waals surface area contributed by atoms with Crippen LogP contribution < -0.4 is 10.1 Å². The molecule has 0 fully saturated rings. The second-order valence-electron chi connectivity index (χ2n) is 5.21. The summed E-state index contributed by atoms with van der Waals surface area (Å²) in [5, 5.41) is 4.11. The number of rotatable bonds is 5. The lowest BCUT2D eigenvalue weighted by Crippen LogP contribution is -2.25. The van der Waals surface area contributed by atoms with E-state index in [9.17, 15) is 4.79 Å². The number of hydrogen-bond donors (Lipinski definition) is 2. The number of H-pyrrole nitrogens is 1. The molecule has 23 heavy (non-hydrogen) atoms. The molecule has 0 atom stereocenters. The second-order valence-corrected chi connectivity index (χ2v) is 6.07. The van der Waals surface area contributed by atoms with Gasteiger partial charge < -0.3 is 15.0 Å². The van der Waals surface area contributed by atoms with Crippen molar-refractivity contribution in [3.63, 3.8) is 0 Å². The lowest BCUT2D eigenvalue weighted by atomic mass is 10.1. The smallest absolute Gasteiger partial charge is 0.252 e. The summed E-state index contributed by atoms with van der Waals surface area (Å²) in [5.74, 6) is 0.757. The molecular formula is C18H17BrN2O2. The van der Waals surface area contributed by atoms with Crippen molar-refractivity contribution in [3.05, 3.63) is 64.3 Å². The topological polar surface area (TPSA) is 54.1 Å². The molecule has 0 spiro atoms. The van der Waals surface area contributed by atoms with E-state index >= 15 is 0 Å². The number of carbonyl (C=O) groups is 1. The van der Waals surface area contributed by atoms with Crippen LogP contribution in [-0.4, -0.2) is 24.5 Å². The number of hydrogen-bond acceptors (Lipinski definition) is 2. The van der Waals surface area contributed by atoms with Crippen molar-refractivity contribution >= 4 is 32.7 Å².